The summed E-state index contributed by atoms with van der Waals surface area (Å²) < 4.78 is 75.5. The average molecular weight is 544 g/mol. The molecule has 2 aromatic rings. The molecule has 1 fully saturated rings. The Morgan fingerprint density at radius 3 is 2.76 bits per heavy atom. The van der Waals surface area contributed by atoms with E-state index in [-0.39, 0.29) is 30.6 Å². The average Bonchev–Trinajstić information content (AvgIpc) is 3.46. The van der Waals surface area contributed by atoms with E-state index in [1.54, 1.807) is 0 Å². The van der Waals surface area contributed by atoms with Crippen molar-refractivity contribution >= 4 is 57.5 Å². The molecule has 0 aromatic carbocycles. The third-order valence-electron chi connectivity index (χ3n) is 5.12. The van der Waals surface area contributed by atoms with Gasteiger partial charge in [0.2, 0.25) is 12.1 Å². The zero-order chi connectivity index (χ0) is 24.7. The van der Waals surface area contributed by atoms with Crippen LogP contribution in [0.3, 0.4) is 0 Å². The van der Waals surface area contributed by atoms with E-state index in [4.69, 9.17) is 32.5 Å². The van der Waals surface area contributed by atoms with Crippen LogP contribution in [0.1, 0.15) is 5.69 Å². The first kappa shape index (κ1) is 24.3. The first-order valence-corrected chi connectivity index (χ1v) is 11.5. The summed E-state index contributed by atoms with van der Waals surface area (Å²) >= 11 is 12.1. The van der Waals surface area contributed by atoms with Gasteiger partial charge in [0.1, 0.15) is 24.3 Å². The van der Waals surface area contributed by atoms with Crippen LogP contribution in [0.5, 0.6) is 0 Å². The van der Waals surface area contributed by atoms with E-state index < -0.39 is 43.6 Å². The molecule has 0 bridgehead atoms. The number of morpholine rings is 1. The van der Waals surface area contributed by atoms with Crippen molar-refractivity contribution in [2.45, 2.75) is 17.2 Å². The number of aromatic nitrogens is 2. The van der Waals surface area contributed by atoms with Gasteiger partial charge in [-0.2, -0.15) is 26.7 Å². The van der Waals surface area contributed by atoms with E-state index in [1.165, 1.54) is 33.2 Å². The molecule has 2 aromatic heterocycles. The number of alkyl halides is 3. The maximum atomic E-state index is 13.2. The van der Waals surface area contributed by atoms with Crippen molar-refractivity contribution in [3.8, 4) is 0 Å². The molecule has 4 rings (SSSR count). The quantitative estimate of drug-likeness (QED) is 0.520. The van der Waals surface area contributed by atoms with E-state index in [2.05, 4.69) is 20.7 Å². The van der Waals surface area contributed by atoms with Crippen molar-refractivity contribution < 1.29 is 35.6 Å². The van der Waals surface area contributed by atoms with Crippen LogP contribution in [0.4, 0.5) is 24.7 Å². The molecule has 0 radical (unpaired) electrons. The summed E-state index contributed by atoms with van der Waals surface area (Å²) in [5, 5.41) is 6.90. The monoisotopic (exact) mass is 543 g/mol. The second kappa shape index (κ2) is 8.75. The van der Waals surface area contributed by atoms with Crippen molar-refractivity contribution in [3.63, 3.8) is 0 Å². The summed E-state index contributed by atoms with van der Waals surface area (Å²) in [5.41, 5.74) is -5.99. The Morgan fingerprint density at radius 2 is 2.12 bits per heavy atom. The number of halogens is 5. The van der Waals surface area contributed by atoms with Crippen molar-refractivity contribution in [1.82, 2.24) is 20.5 Å². The van der Waals surface area contributed by atoms with Crippen LogP contribution in [0, 0.1) is 0 Å². The lowest BCUT2D eigenvalue weighted by Crippen LogP contribution is -2.67. The zero-order valence-electron chi connectivity index (χ0n) is 16.7. The molecule has 1 saturated heterocycles. The molecule has 2 aliphatic heterocycles. The number of rotatable bonds is 6. The molecule has 0 aliphatic carbocycles. The molecular weight excluding hydrogens is 530 g/mol. The number of anilines is 2. The van der Waals surface area contributed by atoms with E-state index in [0.717, 1.165) is 6.20 Å². The molecule has 2 atom stereocenters. The number of sulfonamides is 1. The fourth-order valence-electron chi connectivity index (χ4n) is 3.60. The van der Waals surface area contributed by atoms with Gasteiger partial charge >= 0.3 is 15.5 Å². The van der Waals surface area contributed by atoms with Gasteiger partial charge < -0.3 is 14.2 Å². The molecule has 0 saturated carbocycles. The summed E-state index contributed by atoms with van der Waals surface area (Å²) in [6.07, 6.45) is 3.95. The van der Waals surface area contributed by atoms with Gasteiger partial charge in [0.15, 0.2) is 5.82 Å². The van der Waals surface area contributed by atoms with Gasteiger partial charge in [-0.05, 0) is 0 Å². The van der Waals surface area contributed by atoms with E-state index in [0.29, 0.717) is 6.41 Å². The molecule has 4 heterocycles. The third kappa shape index (κ3) is 3.89. The normalized spacial score (nSPS) is 23.1. The van der Waals surface area contributed by atoms with Gasteiger partial charge in [-0.3, -0.25) is 24.8 Å². The van der Waals surface area contributed by atoms with Crippen LogP contribution in [-0.4, -0.2) is 67.5 Å². The summed E-state index contributed by atoms with van der Waals surface area (Å²) in [5.74, 6) is 0.0997. The molecule has 12 nitrogen and oxygen atoms in total. The fourth-order valence-corrected chi connectivity index (χ4v) is 4.57. The fraction of sp³-hybridized carbons (Fsp3) is 0.375. The lowest BCUT2D eigenvalue weighted by molar-refractivity contribution is -0.130. The molecule has 34 heavy (non-hydrogen) atoms. The number of nitrogens with one attached hydrogen (secondary N) is 2. The van der Waals surface area contributed by atoms with Crippen LogP contribution >= 0.6 is 23.2 Å². The highest BCUT2D eigenvalue weighted by Crippen LogP contribution is 2.45. The van der Waals surface area contributed by atoms with Crippen molar-refractivity contribution in [2.75, 3.05) is 29.4 Å². The number of ether oxygens (including phenoxy) is 1. The molecule has 2 unspecified atom stereocenters. The predicted molar refractivity (Wildman–Crippen MR) is 113 cm³/mol. The SMILES string of the molecule is O=CN1CCOCC1C1(c2ncc(Cl)c(Cl)c2NS(=O)(=O)C(F)(F)F)NN=CN1c1ccon1. The third-order valence-corrected chi connectivity index (χ3v) is 6.98. The molecule has 18 heteroatoms. The first-order valence-electron chi connectivity index (χ1n) is 9.25. The van der Waals surface area contributed by atoms with Crippen LogP contribution < -0.4 is 15.0 Å². The van der Waals surface area contributed by atoms with Crippen molar-refractivity contribution in [3.05, 3.63) is 34.3 Å². The minimum Gasteiger partial charge on any atom is -0.377 e. The predicted octanol–water partition coefficient (Wildman–Crippen LogP) is 1.70. The standard InChI is InChI=1S/C16H14Cl2F3N7O5S/c17-9-5-22-14(13(12(9)18)25-34(30,31)16(19,20)21)15(10-6-32-4-2-27(10)8-29)26-23-7-28(15)11-1-3-33-24-11/h1,3,5,7-8,10,25-26H,2,4,6H2. The molecule has 2 aliphatic rings. The Kier molecular flexibility index (Phi) is 6.26. The lowest BCUT2D eigenvalue weighted by atomic mass is 9.91. The van der Waals surface area contributed by atoms with Gasteiger partial charge in [-0.15, -0.1) is 0 Å². The van der Waals surface area contributed by atoms with Gasteiger partial charge in [-0.25, -0.2) is 0 Å². The number of carbonyl (C=O) groups excluding carboxylic acids is 1. The van der Waals surface area contributed by atoms with Gasteiger partial charge in [-0.1, -0.05) is 28.4 Å². The number of pyridine rings is 1. The van der Waals surface area contributed by atoms with E-state index in [9.17, 15) is 26.4 Å². The van der Waals surface area contributed by atoms with Gasteiger partial charge in [0.25, 0.3) is 0 Å². The second-order valence-corrected chi connectivity index (χ2v) is 9.44. The maximum absolute atomic E-state index is 13.2. The Hall–Kier alpha value is -2.82. The minimum atomic E-state index is -5.96. The summed E-state index contributed by atoms with van der Waals surface area (Å²) in [6.45, 7) is 0.143. The Balaban J connectivity index is 1.99. The summed E-state index contributed by atoms with van der Waals surface area (Å²) in [7, 11) is -5.96. The Bertz CT molecular complexity index is 1210. The zero-order valence-corrected chi connectivity index (χ0v) is 19.0. The first-order chi connectivity index (χ1) is 16.0. The number of hydrazone groups is 1. The van der Waals surface area contributed by atoms with Gasteiger partial charge in [0.05, 0.1) is 28.9 Å². The molecule has 2 N–H and O–H groups in total. The van der Waals surface area contributed by atoms with Crippen LogP contribution in [0.25, 0.3) is 0 Å². The number of hydrogen-bond donors (Lipinski definition) is 2. The Labute approximate surface area is 199 Å². The summed E-state index contributed by atoms with van der Waals surface area (Å²) in [6, 6.07) is 0.386. The number of hydrogen-bond acceptors (Lipinski definition) is 10. The highest BCUT2D eigenvalue weighted by Gasteiger charge is 2.56. The van der Waals surface area contributed by atoms with E-state index in [1.807, 2.05) is 0 Å². The smallest absolute Gasteiger partial charge is 0.377 e. The molecular formula is C16H14Cl2F3N7O5S. The van der Waals surface area contributed by atoms with Crippen LogP contribution in [0.15, 0.2) is 28.2 Å². The number of nitrogens with zero attached hydrogens (tertiary/aromatic N) is 5. The topological polar surface area (TPSA) is 142 Å². The number of carbonyl (C=O) groups is 1. The van der Waals surface area contributed by atoms with Gasteiger partial charge in [0, 0.05) is 18.8 Å². The highest BCUT2D eigenvalue weighted by molar-refractivity contribution is 7.93. The lowest BCUT2D eigenvalue weighted by Gasteiger charge is -2.47. The molecule has 0 spiro atoms. The van der Waals surface area contributed by atoms with Crippen molar-refractivity contribution in [1.29, 1.82) is 0 Å². The Morgan fingerprint density at radius 1 is 1.35 bits per heavy atom. The number of amides is 1. The van der Waals surface area contributed by atoms with E-state index >= 15 is 0 Å². The molecule has 1 amide bonds. The summed E-state index contributed by atoms with van der Waals surface area (Å²) in [4.78, 5) is 18.6. The maximum Gasteiger partial charge on any atom is 0.516 e. The van der Waals surface area contributed by atoms with Crippen molar-refractivity contribution in [2.24, 2.45) is 5.10 Å². The second-order valence-electron chi connectivity index (χ2n) is 6.98. The highest BCUT2D eigenvalue weighted by atomic mass is 35.5. The van der Waals surface area contributed by atoms with Crippen LogP contribution in [-0.2, 0) is 25.2 Å². The largest absolute Gasteiger partial charge is 0.516 e. The minimum absolute atomic E-state index is 0.0997. The van der Waals surface area contributed by atoms with Crippen LogP contribution in [0.2, 0.25) is 10.0 Å². The molecule has 184 valence electrons.